The van der Waals surface area contributed by atoms with Crippen LogP contribution in [0.3, 0.4) is 0 Å². The predicted octanol–water partition coefficient (Wildman–Crippen LogP) is 2.46. The Morgan fingerprint density at radius 3 is 1.71 bits per heavy atom. The first-order valence-electron chi connectivity index (χ1n) is 5.46. The third-order valence-electron chi connectivity index (χ3n) is 1.91. The number of hydrogen-bond donors (Lipinski definition) is 2. The van der Waals surface area contributed by atoms with Crippen molar-refractivity contribution in [2.75, 3.05) is 25.5 Å². The van der Waals surface area contributed by atoms with E-state index in [1.54, 1.807) is 27.7 Å². The Hall–Kier alpha value is 0.300. The summed E-state index contributed by atoms with van der Waals surface area (Å²) in [6.45, 7) is 7.14. The molecule has 2 N–H and O–H groups in total. The van der Waals surface area contributed by atoms with E-state index >= 15 is 0 Å². The minimum absolute atomic E-state index is 0.00715. The summed E-state index contributed by atoms with van der Waals surface area (Å²) < 4.78 is 33.4. The summed E-state index contributed by atoms with van der Waals surface area (Å²) in [4.78, 5) is 17.9. The van der Waals surface area contributed by atoms with E-state index in [4.69, 9.17) is 18.8 Å². The van der Waals surface area contributed by atoms with Crippen LogP contribution in [-0.2, 0) is 18.2 Å². The van der Waals surface area contributed by atoms with Gasteiger partial charge in [0.15, 0.2) is 0 Å². The molecule has 6 nitrogen and oxygen atoms in total. The average molecular weight is 288 g/mol. The fourth-order valence-corrected chi connectivity index (χ4v) is 5.26. The minimum Gasteiger partial charge on any atom is -0.324 e. The van der Waals surface area contributed by atoms with Crippen molar-refractivity contribution < 1.29 is 28.0 Å². The molecule has 0 amide bonds. The quantitative estimate of drug-likeness (QED) is 0.666. The normalized spacial score (nSPS) is 14.0. The summed E-state index contributed by atoms with van der Waals surface area (Å²) >= 11 is 0. The number of hydrogen-bond acceptors (Lipinski definition) is 4. The summed E-state index contributed by atoms with van der Waals surface area (Å²) in [6.07, 6.45) is -0.350. The van der Waals surface area contributed by atoms with Crippen molar-refractivity contribution in [2.45, 2.75) is 27.7 Å². The van der Waals surface area contributed by atoms with Gasteiger partial charge >= 0.3 is 15.2 Å². The van der Waals surface area contributed by atoms with Crippen LogP contribution in [0.15, 0.2) is 0 Å². The third-order valence-corrected chi connectivity index (χ3v) is 5.72. The summed E-state index contributed by atoms with van der Waals surface area (Å²) in [6, 6.07) is 0. The van der Waals surface area contributed by atoms with E-state index < -0.39 is 20.6 Å². The molecule has 0 aliphatic rings. The van der Waals surface area contributed by atoms with Crippen LogP contribution in [0.5, 0.6) is 0 Å². The Kier molecular flexibility index (Phi) is 6.58. The predicted molar refractivity (Wildman–Crippen MR) is 66.4 cm³/mol. The molecule has 8 heteroatoms. The van der Waals surface area contributed by atoms with Gasteiger partial charge in [0.2, 0.25) is 0 Å². The first kappa shape index (κ1) is 17.3. The van der Waals surface area contributed by atoms with Crippen molar-refractivity contribution in [3.8, 4) is 0 Å². The Morgan fingerprint density at radius 2 is 1.41 bits per heavy atom. The molecule has 17 heavy (non-hydrogen) atoms. The second kappa shape index (κ2) is 6.46. The van der Waals surface area contributed by atoms with Crippen LogP contribution >= 0.6 is 15.2 Å². The molecule has 0 atom stereocenters. The largest absolute Gasteiger partial charge is 0.331 e. The standard InChI is InChI=1S/C9H22O6P2/c1-5-14-17(13,15-6-2)8-9(3,4)7-16(10,11)12/h5-8H2,1-4H3,(H2,10,11,12). The second-order valence-corrected chi connectivity index (χ2v) is 8.29. The highest BCUT2D eigenvalue weighted by Crippen LogP contribution is 2.55. The zero-order chi connectivity index (χ0) is 13.7. The molecule has 104 valence electrons. The van der Waals surface area contributed by atoms with Crippen LogP contribution in [0.25, 0.3) is 0 Å². The van der Waals surface area contributed by atoms with E-state index in [0.717, 1.165) is 0 Å². The van der Waals surface area contributed by atoms with Gasteiger partial charge in [0.25, 0.3) is 0 Å². The second-order valence-electron chi connectivity index (χ2n) is 4.59. The smallest absolute Gasteiger partial charge is 0.324 e. The lowest BCUT2D eigenvalue weighted by atomic mass is 10.0. The zero-order valence-corrected chi connectivity index (χ0v) is 12.5. The zero-order valence-electron chi connectivity index (χ0n) is 10.8. The molecule has 0 aliphatic carbocycles. The Morgan fingerprint density at radius 1 is 1.00 bits per heavy atom. The first-order chi connectivity index (χ1) is 7.54. The van der Waals surface area contributed by atoms with E-state index in [2.05, 4.69) is 0 Å². The molecule has 0 aromatic heterocycles. The molecule has 0 unspecified atom stereocenters. The molecule has 0 aliphatic heterocycles. The third kappa shape index (κ3) is 8.09. The van der Waals surface area contributed by atoms with Crippen molar-refractivity contribution in [1.29, 1.82) is 0 Å². The van der Waals surface area contributed by atoms with Gasteiger partial charge < -0.3 is 18.8 Å². The van der Waals surface area contributed by atoms with Gasteiger partial charge in [-0.3, -0.25) is 9.13 Å². The van der Waals surface area contributed by atoms with Gasteiger partial charge in [0, 0.05) is 0 Å². The van der Waals surface area contributed by atoms with Crippen molar-refractivity contribution in [3.63, 3.8) is 0 Å². The van der Waals surface area contributed by atoms with Crippen LogP contribution in [-0.4, -0.2) is 35.3 Å². The lowest BCUT2D eigenvalue weighted by molar-refractivity contribution is 0.210. The molecule has 0 saturated carbocycles. The topological polar surface area (TPSA) is 93.1 Å². The van der Waals surface area contributed by atoms with E-state index in [1.807, 2.05) is 0 Å². The highest BCUT2D eigenvalue weighted by atomic mass is 31.2. The molecular formula is C9H22O6P2. The van der Waals surface area contributed by atoms with Gasteiger partial charge in [-0.05, 0) is 19.3 Å². The van der Waals surface area contributed by atoms with Gasteiger partial charge in [0.1, 0.15) is 0 Å². The van der Waals surface area contributed by atoms with Gasteiger partial charge in [-0.15, -0.1) is 0 Å². The summed E-state index contributed by atoms with van der Waals surface area (Å²) in [5.74, 6) is 0. The monoisotopic (exact) mass is 288 g/mol. The van der Waals surface area contributed by atoms with Crippen LogP contribution in [0.4, 0.5) is 0 Å². The van der Waals surface area contributed by atoms with Crippen molar-refractivity contribution in [1.82, 2.24) is 0 Å². The molecule has 0 aromatic rings. The van der Waals surface area contributed by atoms with Gasteiger partial charge in [-0.25, -0.2) is 0 Å². The van der Waals surface area contributed by atoms with Crippen LogP contribution < -0.4 is 0 Å². The van der Waals surface area contributed by atoms with Gasteiger partial charge in [-0.2, -0.15) is 0 Å². The highest BCUT2D eigenvalue weighted by molar-refractivity contribution is 7.54. The summed E-state index contributed by atoms with van der Waals surface area (Å²) in [5.41, 5.74) is -0.807. The van der Waals surface area contributed by atoms with Crippen LogP contribution in [0, 0.1) is 5.41 Å². The Bertz CT molecular complexity index is 311. The van der Waals surface area contributed by atoms with Crippen molar-refractivity contribution in [2.24, 2.45) is 5.41 Å². The number of rotatable bonds is 8. The summed E-state index contributed by atoms with van der Waals surface area (Å²) in [7, 11) is -7.41. The molecule has 0 aromatic carbocycles. The van der Waals surface area contributed by atoms with E-state index in [-0.39, 0.29) is 25.5 Å². The molecule has 0 spiro atoms. The molecule has 0 saturated heterocycles. The molecule has 0 heterocycles. The van der Waals surface area contributed by atoms with Crippen molar-refractivity contribution in [3.05, 3.63) is 0 Å². The van der Waals surface area contributed by atoms with Crippen molar-refractivity contribution >= 4 is 15.2 Å². The lowest BCUT2D eigenvalue weighted by Crippen LogP contribution is -2.23. The average Bonchev–Trinajstić information content (AvgIpc) is 1.96. The van der Waals surface area contributed by atoms with E-state index in [1.165, 1.54) is 0 Å². The maximum absolute atomic E-state index is 12.2. The lowest BCUT2D eigenvalue weighted by Gasteiger charge is -2.28. The maximum atomic E-state index is 12.2. The fourth-order valence-electron chi connectivity index (χ4n) is 1.65. The molecule has 0 fully saturated rings. The molecular weight excluding hydrogens is 266 g/mol. The minimum atomic E-state index is -4.14. The Balaban J connectivity index is 4.74. The first-order valence-corrected chi connectivity index (χ1v) is 8.99. The SMILES string of the molecule is CCOP(=O)(CC(C)(C)CP(=O)(O)O)OCC. The van der Waals surface area contributed by atoms with Gasteiger partial charge in [-0.1, -0.05) is 13.8 Å². The van der Waals surface area contributed by atoms with E-state index in [0.29, 0.717) is 0 Å². The van der Waals surface area contributed by atoms with Crippen LogP contribution in [0.2, 0.25) is 0 Å². The molecule has 0 rings (SSSR count). The highest BCUT2D eigenvalue weighted by Gasteiger charge is 2.37. The molecule has 0 bridgehead atoms. The maximum Gasteiger partial charge on any atom is 0.331 e. The Labute approximate surface area is 102 Å². The van der Waals surface area contributed by atoms with Crippen LogP contribution in [0.1, 0.15) is 27.7 Å². The van der Waals surface area contributed by atoms with Gasteiger partial charge in [0.05, 0.1) is 25.5 Å². The summed E-state index contributed by atoms with van der Waals surface area (Å²) in [5, 5.41) is 0. The van der Waals surface area contributed by atoms with E-state index in [9.17, 15) is 9.13 Å². The molecule has 0 radical (unpaired) electrons. The fraction of sp³-hybridized carbons (Fsp3) is 1.00.